The summed E-state index contributed by atoms with van der Waals surface area (Å²) in [5, 5.41) is 8.06. The smallest absolute Gasteiger partial charge is 0.241 e. The van der Waals surface area contributed by atoms with E-state index in [1.165, 1.54) is 25.7 Å². The number of hydrogen-bond donors (Lipinski definition) is 1. The topological polar surface area (TPSA) is 46.9 Å². The van der Waals surface area contributed by atoms with Crippen LogP contribution < -0.4 is 5.32 Å². The number of carbonyl (C=O) groups is 1. The van der Waals surface area contributed by atoms with Crippen LogP contribution in [0.1, 0.15) is 49.9 Å². The van der Waals surface area contributed by atoms with Crippen LogP contribution in [0.3, 0.4) is 0 Å². The largest absolute Gasteiger partial charge is 0.352 e. The fraction of sp³-hybridized carbons (Fsp3) is 0.714. The van der Waals surface area contributed by atoms with Gasteiger partial charge in [-0.3, -0.25) is 9.48 Å². The minimum atomic E-state index is 0.0363. The minimum Gasteiger partial charge on any atom is -0.352 e. The summed E-state index contributed by atoms with van der Waals surface area (Å²) in [4.78, 5) is 12.1. The Morgan fingerprint density at radius 2 is 1.95 bits per heavy atom. The second-order valence-corrected chi connectivity index (χ2v) is 5.78. The van der Waals surface area contributed by atoms with Gasteiger partial charge in [-0.25, -0.2) is 0 Å². The second-order valence-electron chi connectivity index (χ2n) is 5.40. The highest BCUT2D eigenvalue weighted by Gasteiger charge is 2.16. The second kappa shape index (κ2) is 6.42. The number of aromatic nitrogens is 2. The normalized spacial score (nSPS) is 17.2. The zero-order valence-corrected chi connectivity index (χ0v) is 12.5. The zero-order valence-electron chi connectivity index (χ0n) is 11.7. The van der Waals surface area contributed by atoms with Crippen LogP contribution in [0, 0.1) is 13.8 Å². The quantitative estimate of drug-likeness (QED) is 0.867. The SMILES string of the molecule is Cc1nn(CC(=O)NC2CCCCCC2)c(C)c1Cl. The van der Waals surface area contributed by atoms with Gasteiger partial charge >= 0.3 is 0 Å². The van der Waals surface area contributed by atoms with Crippen LogP contribution >= 0.6 is 11.6 Å². The van der Waals surface area contributed by atoms with Gasteiger partial charge in [-0.1, -0.05) is 37.3 Å². The van der Waals surface area contributed by atoms with E-state index in [1.807, 2.05) is 13.8 Å². The summed E-state index contributed by atoms with van der Waals surface area (Å²) in [5.74, 6) is 0.0363. The Morgan fingerprint density at radius 1 is 1.32 bits per heavy atom. The number of halogens is 1. The van der Waals surface area contributed by atoms with E-state index in [1.54, 1.807) is 4.68 Å². The highest BCUT2D eigenvalue weighted by Crippen LogP contribution is 2.19. The molecule has 0 spiro atoms. The third kappa shape index (κ3) is 3.72. The number of hydrogen-bond acceptors (Lipinski definition) is 2. The summed E-state index contributed by atoms with van der Waals surface area (Å²) < 4.78 is 1.68. The Bertz CT molecular complexity index is 448. The number of aryl methyl sites for hydroxylation is 1. The fourth-order valence-electron chi connectivity index (χ4n) is 2.66. The van der Waals surface area contributed by atoms with E-state index in [4.69, 9.17) is 11.6 Å². The third-order valence-corrected chi connectivity index (χ3v) is 4.35. The molecule has 1 N–H and O–H groups in total. The molecule has 19 heavy (non-hydrogen) atoms. The molecule has 4 nitrogen and oxygen atoms in total. The average Bonchev–Trinajstić information content (AvgIpc) is 2.61. The molecule has 1 aromatic heterocycles. The Morgan fingerprint density at radius 3 is 2.47 bits per heavy atom. The molecule has 0 aromatic carbocycles. The van der Waals surface area contributed by atoms with E-state index in [2.05, 4.69) is 10.4 Å². The molecular weight excluding hydrogens is 262 g/mol. The maximum absolute atomic E-state index is 12.1. The van der Waals surface area contributed by atoms with Gasteiger partial charge in [0, 0.05) is 6.04 Å². The molecule has 0 unspecified atom stereocenters. The van der Waals surface area contributed by atoms with E-state index < -0.39 is 0 Å². The van der Waals surface area contributed by atoms with Crippen LogP contribution in [0.15, 0.2) is 0 Å². The first kappa shape index (κ1) is 14.4. The zero-order chi connectivity index (χ0) is 13.8. The lowest BCUT2D eigenvalue weighted by molar-refractivity contribution is -0.122. The van der Waals surface area contributed by atoms with Crippen LogP contribution in [0.5, 0.6) is 0 Å². The minimum absolute atomic E-state index is 0.0363. The van der Waals surface area contributed by atoms with Crippen molar-refractivity contribution >= 4 is 17.5 Å². The number of amides is 1. The number of nitrogens with one attached hydrogen (secondary N) is 1. The van der Waals surface area contributed by atoms with E-state index in [-0.39, 0.29) is 12.5 Å². The van der Waals surface area contributed by atoms with Crippen LogP contribution in [0.4, 0.5) is 0 Å². The van der Waals surface area contributed by atoms with E-state index in [0.717, 1.165) is 24.2 Å². The molecule has 0 atom stereocenters. The van der Waals surface area contributed by atoms with Crippen molar-refractivity contribution < 1.29 is 4.79 Å². The summed E-state index contributed by atoms with van der Waals surface area (Å²) >= 11 is 6.08. The molecule has 1 aromatic rings. The first-order valence-electron chi connectivity index (χ1n) is 7.07. The predicted molar refractivity (Wildman–Crippen MR) is 76.3 cm³/mol. The van der Waals surface area contributed by atoms with Crippen molar-refractivity contribution in [2.24, 2.45) is 0 Å². The maximum Gasteiger partial charge on any atom is 0.241 e. The molecule has 0 saturated heterocycles. The lowest BCUT2D eigenvalue weighted by Crippen LogP contribution is -2.37. The van der Waals surface area contributed by atoms with E-state index in [9.17, 15) is 4.79 Å². The molecule has 106 valence electrons. The number of rotatable bonds is 3. The summed E-state index contributed by atoms with van der Waals surface area (Å²) in [5.41, 5.74) is 1.64. The van der Waals surface area contributed by atoms with Gasteiger partial charge in [-0.05, 0) is 26.7 Å². The van der Waals surface area contributed by atoms with Crippen molar-refractivity contribution in [2.75, 3.05) is 0 Å². The molecule has 2 rings (SSSR count). The predicted octanol–water partition coefficient (Wildman–Crippen LogP) is 2.99. The summed E-state index contributed by atoms with van der Waals surface area (Å²) in [7, 11) is 0. The first-order chi connectivity index (χ1) is 9.08. The molecule has 1 fully saturated rings. The molecular formula is C14H22ClN3O. The van der Waals surface area contributed by atoms with Gasteiger partial charge in [0.05, 0.1) is 16.4 Å². The monoisotopic (exact) mass is 283 g/mol. The van der Waals surface area contributed by atoms with E-state index >= 15 is 0 Å². The van der Waals surface area contributed by atoms with Gasteiger partial charge in [0.25, 0.3) is 0 Å². The van der Waals surface area contributed by atoms with E-state index in [0.29, 0.717) is 11.1 Å². The molecule has 1 heterocycles. The number of nitrogens with zero attached hydrogens (tertiary/aromatic N) is 2. The van der Waals surface area contributed by atoms with Crippen LogP contribution in [-0.4, -0.2) is 21.7 Å². The van der Waals surface area contributed by atoms with Crippen molar-refractivity contribution in [3.05, 3.63) is 16.4 Å². The molecule has 1 saturated carbocycles. The van der Waals surface area contributed by atoms with Crippen LogP contribution in [-0.2, 0) is 11.3 Å². The summed E-state index contributed by atoms with van der Waals surface area (Å²) in [6.07, 6.45) is 7.22. The number of carbonyl (C=O) groups excluding carboxylic acids is 1. The summed E-state index contributed by atoms with van der Waals surface area (Å²) in [6, 6.07) is 0.336. The van der Waals surface area contributed by atoms with Crippen molar-refractivity contribution in [1.29, 1.82) is 0 Å². The lowest BCUT2D eigenvalue weighted by atomic mass is 10.1. The molecule has 1 aliphatic carbocycles. The Labute approximate surface area is 119 Å². The van der Waals surface area contributed by atoms with Gasteiger partial charge in [-0.15, -0.1) is 0 Å². The maximum atomic E-state index is 12.1. The Hall–Kier alpha value is -1.03. The molecule has 1 aliphatic rings. The standard InChI is InChI=1S/C14H22ClN3O/c1-10-14(15)11(2)18(17-10)9-13(19)16-12-7-5-3-4-6-8-12/h12H,3-9H2,1-2H3,(H,16,19). The van der Waals surface area contributed by atoms with Gasteiger partial charge in [0.15, 0.2) is 0 Å². The van der Waals surface area contributed by atoms with Crippen molar-refractivity contribution in [2.45, 2.75) is 65.0 Å². The molecule has 5 heteroatoms. The molecule has 0 radical (unpaired) electrons. The highest BCUT2D eigenvalue weighted by molar-refractivity contribution is 6.31. The third-order valence-electron chi connectivity index (χ3n) is 3.81. The Kier molecular flexibility index (Phi) is 4.86. The molecule has 0 bridgehead atoms. The fourth-order valence-corrected chi connectivity index (χ4v) is 2.80. The van der Waals surface area contributed by atoms with Crippen LogP contribution in [0.2, 0.25) is 5.02 Å². The highest BCUT2D eigenvalue weighted by atomic mass is 35.5. The average molecular weight is 284 g/mol. The van der Waals surface area contributed by atoms with Crippen molar-refractivity contribution in [3.63, 3.8) is 0 Å². The molecule has 0 aliphatic heterocycles. The van der Waals surface area contributed by atoms with Gasteiger partial charge < -0.3 is 5.32 Å². The van der Waals surface area contributed by atoms with Crippen molar-refractivity contribution in [3.8, 4) is 0 Å². The Balaban J connectivity index is 1.91. The van der Waals surface area contributed by atoms with Crippen molar-refractivity contribution in [1.82, 2.24) is 15.1 Å². The van der Waals surface area contributed by atoms with Gasteiger partial charge in [0.2, 0.25) is 5.91 Å². The van der Waals surface area contributed by atoms with Gasteiger partial charge in [-0.2, -0.15) is 5.10 Å². The van der Waals surface area contributed by atoms with Gasteiger partial charge in [0.1, 0.15) is 6.54 Å². The lowest BCUT2D eigenvalue weighted by Gasteiger charge is -2.16. The molecule has 1 amide bonds. The van der Waals surface area contributed by atoms with Crippen LogP contribution in [0.25, 0.3) is 0 Å². The summed E-state index contributed by atoms with van der Waals surface area (Å²) in [6.45, 7) is 4.01. The first-order valence-corrected chi connectivity index (χ1v) is 7.44.